The van der Waals surface area contributed by atoms with Gasteiger partial charge in [0.25, 0.3) is 0 Å². The number of benzene rings is 1. The number of allylic oxidation sites excluding steroid dienone is 3. The van der Waals surface area contributed by atoms with Gasteiger partial charge < -0.3 is 4.84 Å². The number of hydrogen-bond acceptors (Lipinski definition) is 2. The zero-order valence-corrected chi connectivity index (χ0v) is 13.5. The second kappa shape index (κ2) is 10.9. The molecule has 0 saturated heterocycles. The van der Waals surface area contributed by atoms with Crippen molar-refractivity contribution in [1.82, 2.24) is 0 Å². The van der Waals surface area contributed by atoms with E-state index in [9.17, 15) is 0 Å². The molecule has 1 aromatic carbocycles. The molecule has 0 amide bonds. The summed E-state index contributed by atoms with van der Waals surface area (Å²) in [5.41, 5.74) is 2.56. The van der Waals surface area contributed by atoms with Gasteiger partial charge in [0.1, 0.15) is 6.61 Å². The Bertz CT molecular complexity index is 456. The molecule has 0 aliphatic heterocycles. The van der Waals surface area contributed by atoms with Crippen molar-refractivity contribution in [2.24, 2.45) is 11.1 Å². The van der Waals surface area contributed by atoms with Crippen LogP contribution >= 0.6 is 0 Å². The van der Waals surface area contributed by atoms with Crippen LogP contribution in [0.4, 0.5) is 0 Å². The summed E-state index contributed by atoms with van der Waals surface area (Å²) in [7, 11) is 0. The predicted octanol–water partition coefficient (Wildman–Crippen LogP) is 5.47. The van der Waals surface area contributed by atoms with Crippen molar-refractivity contribution in [3.63, 3.8) is 0 Å². The Morgan fingerprint density at radius 1 is 1.19 bits per heavy atom. The third kappa shape index (κ3) is 9.67. The maximum absolute atomic E-state index is 5.27. The monoisotopic (exact) mass is 285 g/mol. The highest BCUT2D eigenvalue weighted by Gasteiger charge is 2.00. The van der Waals surface area contributed by atoms with E-state index in [1.165, 1.54) is 12.0 Å². The quantitative estimate of drug-likeness (QED) is 0.255. The normalized spacial score (nSPS) is 12.7. The molecule has 0 bridgehead atoms. The van der Waals surface area contributed by atoms with Gasteiger partial charge in [-0.15, -0.1) is 0 Å². The lowest BCUT2D eigenvalue weighted by Gasteiger charge is -2.08. The Kier molecular flexibility index (Phi) is 8.94. The largest absolute Gasteiger partial charge is 0.396 e. The van der Waals surface area contributed by atoms with E-state index in [-0.39, 0.29) is 0 Å². The summed E-state index contributed by atoms with van der Waals surface area (Å²) >= 11 is 0. The first-order valence-electron chi connectivity index (χ1n) is 7.69. The third-order valence-electron chi connectivity index (χ3n) is 3.22. The number of nitrogens with zero attached hydrogens (tertiary/aromatic N) is 1. The fraction of sp³-hybridized carbons (Fsp3) is 0.421. The standard InChI is InChI=1S/C19H27NO/c1-17(2)9-7-10-18(3)14-16-21-20-15-8-13-19-11-5-4-6-12-19/h4-6,8-9,11-13,15,18H,7,10,14,16H2,1-3H3/b13-8+,20-15+. The SMILES string of the molecule is CC(C)=CCCC(C)CCO/N=C/C=C/c1ccccc1. The van der Waals surface area contributed by atoms with E-state index in [2.05, 4.69) is 44.1 Å². The topological polar surface area (TPSA) is 21.6 Å². The van der Waals surface area contributed by atoms with Crippen molar-refractivity contribution in [2.75, 3.05) is 6.61 Å². The molecule has 0 spiro atoms. The van der Waals surface area contributed by atoms with E-state index >= 15 is 0 Å². The van der Waals surface area contributed by atoms with Gasteiger partial charge in [-0.2, -0.15) is 0 Å². The molecule has 0 radical (unpaired) electrons. The number of hydrogen-bond donors (Lipinski definition) is 0. The Morgan fingerprint density at radius 2 is 1.95 bits per heavy atom. The van der Waals surface area contributed by atoms with E-state index in [0.29, 0.717) is 12.5 Å². The number of oxime groups is 1. The Morgan fingerprint density at radius 3 is 2.67 bits per heavy atom. The average molecular weight is 285 g/mol. The Labute approximate surface area is 129 Å². The minimum Gasteiger partial charge on any atom is -0.396 e. The van der Waals surface area contributed by atoms with Crippen molar-refractivity contribution in [3.05, 3.63) is 53.6 Å². The molecule has 1 aromatic rings. The first-order chi connectivity index (χ1) is 10.2. The van der Waals surface area contributed by atoms with Gasteiger partial charge in [-0.3, -0.25) is 0 Å². The smallest absolute Gasteiger partial charge is 0.117 e. The average Bonchev–Trinajstić information content (AvgIpc) is 2.47. The van der Waals surface area contributed by atoms with Crippen LogP contribution in [0.25, 0.3) is 6.08 Å². The fourth-order valence-electron chi connectivity index (χ4n) is 1.90. The lowest BCUT2D eigenvalue weighted by Crippen LogP contribution is -1.99. The van der Waals surface area contributed by atoms with Gasteiger partial charge >= 0.3 is 0 Å². The molecule has 21 heavy (non-hydrogen) atoms. The Hall–Kier alpha value is -1.83. The molecule has 0 fully saturated rings. The van der Waals surface area contributed by atoms with Gasteiger partial charge in [0.05, 0.1) is 6.21 Å². The van der Waals surface area contributed by atoms with E-state index in [1.54, 1.807) is 6.21 Å². The van der Waals surface area contributed by atoms with Crippen LogP contribution in [0.5, 0.6) is 0 Å². The van der Waals surface area contributed by atoms with Crippen LogP contribution in [0.15, 0.2) is 53.2 Å². The Balaban J connectivity index is 2.09. The molecular weight excluding hydrogens is 258 g/mol. The second-order valence-corrected chi connectivity index (χ2v) is 5.61. The van der Waals surface area contributed by atoms with Crippen LogP contribution in [0.3, 0.4) is 0 Å². The minimum atomic E-state index is 0.677. The van der Waals surface area contributed by atoms with E-state index in [4.69, 9.17) is 4.84 Å². The highest BCUT2D eigenvalue weighted by Crippen LogP contribution is 2.11. The van der Waals surface area contributed by atoms with Crippen LogP contribution in [-0.2, 0) is 4.84 Å². The van der Waals surface area contributed by atoms with Gasteiger partial charge in [0.2, 0.25) is 0 Å². The molecule has 0 N–H and O–H groups in total. The van der Waals surface area contributed by atoms with Crippen LogP contribution in [-0.4, -0.2) is 12.8 Å². The first-order valence-corrected chi connectivity index (χ1v) is 7.69. The summed E-state index contributed by atoms with van der Waals surface area (Å²) < 4.78 is 0. The molecular formula is C19H27NO. The zero-order valence-electron chi connectivity index (χ0n) is 13.5. The summed E-state index contributed by atoms with van der Waals surface area (Å²) in [5, 5.41) is 3.94. The van der Waals surface area contributed by atoms with E-state index in [0.717, 1.165) is 18.4 Å². The van der Waals surface area contributed by atoms with Gasteiger partial charge in [-0.1, -0.05) is 60.1 Å². The zero-order chi connectivity index (χ0) is 15.3. The molecule has 0 aromatic heterocycles. The van der Waals surface area contributed by atoms with Crippen molar-refractivity contribution in [2.45, 2.75) is 40.0 Å². The molecule has 114 valence electrons. The van der Waals surface area contributed by atoms with Crippen molar-refractivity contribution in [1.29, 1.82) is 0 Å². The maximum atomic E-state index is 5.27. The lowest BCUT2D eigenvalue weighted by molar-refractivity contribution is 0.131. The lowest BCUT2D eigenvalue weighted by atomic mass is 10.0. The minimum absolute atomic E-state index is 0.677. The highest BCUT2D eigenvalue weighted by molar-refractivity contribution is 5.77. The molecule has 0 aliphatic carbocycles. The number of rotatable bonds is 9. The first kappa shape index (κ1) is 17.2. The molecule has 1 atom stereocenters. The van der Waals surface area contributed by atoms with Crippen molar-refractivity contribution < 1.29 is 4.84 Å². The van der Waals surface area contributed by atoms with Gasteiger partial charge in [-0.05, 0) is 50.7 Å². The van der Waals surface area contributed by atoms with Gasteiger partial charge in [-0.25, -0.2) is 0 Å². The second-order valence-electron chi connectivity index (χ2n) is 5.61. The summed E-state index contributed by atoms with van der Waals surface area (Å²) in [5.74, 6) is 0.677. The summed E-state index contributed by atoms with van der Waals surface area (Å²) in [6.45, 7) is 7.24. The van der Waals surface area contributed by atoms with E-state index in [1.807, 2.05) is 30.4 Å². The third-order valence-corrected chi connectivity index (χ3v) is 3.22. The summed E-state index contributed by atoms with van der Waals surface area (Å²) in [6.07, 6.45) is 11.3. The molecule has 0 saturated carbocycles. The molecule has 1 rings (SSSR count). The molecule has 0 aliphatic rings. The maximum Gasteiger partial charge on any atom is 0.117 e. The van der Waals surface area contributed by atoms with Gasteiger partial charge in [0.15, 0.2) is 0 Å². The summed E-state index contributed by atoms with van der Waals surface area (Å²) in [4.78, 5) is 5.27. The predicted molar refractivity (Wildman–Crippen MR) is 92.4 cm³/mol. The van der Waals surface area contributed by atoms with Crippen LogP contribution in [0.2, 0.25) is 0 Å². The van der Waals surface area contributed by atoms with Crippen LogP contribution < -0.4 is 0 Å². The van der Waals surface area contributed by atoms with Gasteiger partial charge in [0, 0.05) is 0 Å². The molecule has 0 heterocycles. The van der Waals surface area contributed by atoms with Crippen molar-refractivity contribution >= 4 is 12.3 Å². The molecule has 2 nitrogen and oxygen atoms in total. The van der Waals surface area contributed by atoms with Crippen LogP contribution in [0.1, 0.15) is 45.6 Å². The fourth-order valence-corrected chi connectivity index (χ4v) is 1.90. The summed E-state index contributed by atoms with van der Waals surface area (Å²) in [6, 6.07) is 10.2. The highest BCUT2D eigenvalue weighted by atomic mass is 16.6. The molecule has 2 heteroatoms. The molecule has 1 unspecified atom stereocenters. The van der Waals surface area contributed by atoms with E-state index < -0.39 is 0 Å². The van der Waals surface area contributed by atoms with Crippen LogP contribution in [0, 0.1) is 5.92 Å². The van der Waals surface area contributed by atoms with Crippen molar-refractivity contribution in [3.8, 4) is 0 Å².